The number of hydrogen-bond acceptors (Lipinski definition) is 4. The summed E-state index contributed by atoms with van der Waals surface area (Å²) >= 11 is 0. The van der Waals surface area contributed by atoms with Gasteiger partial charge in [0, 0.05) is 19.5 Å². The summed E-state index contributed by atoms with van der Waals surface area (Å²) < 4.78 is 0. The van der Waals surface area contributed by atoms with E-state index >= 15 is 0 Å². The van der Waals surface area contributed by atoms with Crippen molar-refractivity contribution in [2.24, 2.45) is 11.8 Å². The highest BCUT2D eigenvalue weighted by Gasteiger charge is 2.49. The van der Waals surface area contributed by atoms with Crippen LogP contribution in [-0.2, 0) is 27.2 Å². The molecule has 2 aromatic carbocycles. The summed E-state index contributed by atoms with van der Waals surface area (Å²) in [5.41, 5.74) is 3.87. The number of fused-ring (bicyclic) bond motifs is 2. The van der Waals surface area contributed by atoms with Crippen molar-refractivity contribution in [1.29, 1.82) is 0 Å². The van der Waals surface area contributed by atoms with Crippen LogP contribution in [0, 0.1) is 11.8 Å². The number of nitrogens with one attached hydrogen (secondary N) is 2. The van der Waals surface area contributed by atoms with Crippen LogP contribution in [0.1, 0.15) is 43.0 Å². The molecule has 2 heterocycles. The average Bonchev–Trinajstić information content (AvgIpc) is 3.49. The average molecular weight is 488 g/mol. The summed E-state index contributed by atoms with van der Waals surface area (Å²) in [5.74, 6) is -0.509. The molecule has 1 aliphatic heterocycles. The Labute approximate surface area is 211 Å². The Balaban J connectivity index is 1.57. The lowest BCUT2D eigenvalue weighted by Gasteiger charge is -2.45. The Bertz CT molecular complexity index is 1290. The summed E-state index contributed by atoms with van der Waals surface area (Å²) in [6, 6.07) is 11.5. The van der Waals surface area contributed by atoms with Crippen LogP contribution in [0.4, 0.5) is 0 Å². The van der Waals surface area contributed by atoms with Crippen LogP contribution in [0.3, 0.4) is 0 Å². The van der Waals surface area contributed by atoms with E-state index in [0.29, 0.717) is 12.0 Å². The van der Waals surface area contributed by atoms with Crippen molar-refractivity contribution in [3.05, 3.63) is 65.4 Å². The molecule has 2 aliphatic rings. The van der Waals surface area contributed by atoms with Crippen molar-refractivity contribution in [2.75, 3.05) is 14.1 Å². The molecule has 188 valence electrons. The van der Waals surface area contributed by atoms with Crippen LogP contribution >= 0.6 is 0 Å². The summed E-state index contributed by atoms with van der Waals surface area (Å²) in [5, 5.41) is 11.0. The summed E-state index contributed by atoms with van der Waals surface area (Å²) in [6.07, 6.45) is 3.64. The maximum atomic E-state index is 14.3. The lowest BCUT2D eigenvalue weighted by atomic mass is 9.87. The SMILES string of the molecule is CC(C)C[C@@H]1C(=O)N[C@H](C2Cc3ccccc3C2)C(=O)N1[C@@H](C(=O)N(C)C)c1ccc2cn[nH]c2c1. The minimum Gasteiger partial charge on any atom is -0.347 e. The molecule has 1 saturated heterocycles. The van der Waals surface area contributed by atoms with E-state index in [1.807, 2.05) is 44.2 Å². The van der Waals surface area contributed by atoms with E-state index in [1.165, 1.54) is 16.0 Å². The molecule has 5 rings (SSSR count). The van der Waals surface area contributed by atoms with E-state index in [-0.39, 0.29) is 29.6 Å². The quantitative estimate of drug-likeness (QED) is 0.559. The third-order valence-electron chi connectivity index (χ3n) is 7.44. The normalized spacial score (nSPS) is 21.1. The van der Waals surface area contributed by atoms with Gasteiger partial charge in [-0.3, -0.25) is 19.5 Å². The molecule has 0 spiro atoms. The largest absolute Gasteiger partial charge is 0.347 e. The van der Waals surface area contributed by atoms with Gasteiger partial charge in [0.2, 0.25) is 17.7 Å². The van der Waals surface area contributed by atoms with E-state index in [4.69, 9.17) is 0 Å². The van der Waals surface area contributed by atoms with E-state index in [0.717, 1.165) is 23.7 Å². The van der Waals surface area contributed by atoms with Gasteiger partial charge in [0.05, 0.1) is 11.7 Å². The van der Waals surface area contributed by atoms with Crippen LogP contribution in [-0.4, -0.2) is 63.9 Å². The summed E-state index contributed by atoms with van der Waals surface area (Å²) in [4.78, 5) is 44.6. The highest BCUT2D eigenvalue weighted by atomic mass is 16.2. The van der Waals surface area contributed by atoms with Gasteiger partial charge in [-0.1, -0.05) is 50.2 Å². The number of likely N-dealkylation sites (N-methyl/N-ethyl adjacent to an activating group) is 1. The first-order valence-corrected chi connectivity index (χ1v) is 12.6. The molecular weight excluding hydrogens is 454 g/mol. The third kappa shape index (κ3) is 4.25. The predicted octanol–water partition coefficient (Wildman–Crippen LogP) is 2.85. The summed E-state index contributed by atoms with van der Waals surface area (Å²) in [7, 11) is 3.36. The maximum absolute atomic E-state index is 14.3. The van der Waals surface area contributed by atoms with Crippen LogP contribution in [0.5, 0.6) is 0 Å². The maximum Gasteiger partial charge on any atom is 0.249 e. The van der Waals surface area contributed by atoms with Crippen molar-refractivity contribution in [1.82, 2.24) is 25.3 Å². The van der Waals surface area contributed by atoms with Gasteiger partial charge in [-0.05, 0) is 53.9 Å². The lowest BCUT2D eigenvalue weighted by molar-refractivity contribution is -0.159. The molecule has 1 aliphatic carbocycles. The number of nitrogens with zero attached hydrogens (tertiary/aromatic N) is 3. The first kappa shape index (κ1) is 24.0. The molecule has 36 heavy (non-hydrogen) atoms. The Morgan fingerprint density at radius 2 is 1.81 bits per heavy atom. The standard InChI is InChI=1S/C28H33N5O3/c1-16(2)11-23-26(34)30-24(21-12-17-7-5-6-8-18(17)13-21)27(35)33(23)25(28(36)32(3)4)19-9-10-20-15-29-31-22(20)14-19/h5-10,14-16,21,23-25H,11-13H2,1-4H3,(H,29,31)(H,30,34)/t23-,24-,25-/m1/s1. The van der Waals surface area contributed by atoms with E-state index < -0.39 is 18.1 Å². The topological polar surface area (TPSA) is 98.4 Å². The van der Waals surface area contributed by atoms with Gasteiger partial charge in [0.25, 0.3) is 0 Å². The minimum absolute atomic E-state index is 0.0495. The lowest BCUT2D eigenvalue weighted by Crippen LogP contribution is -2.67. The molecule has 1 aromatic heterocycles. The number of amides is 3. The van der Waals surface area contributed by atoms with Crippen molar-refractivity contribution in [3.63, 3.8) is 0 Å². The monoisotopic (exact) mass is 487 g/mol. The van der Waals surface area contributed by atoms with Crippen LogP contribution < -0.4 is 5.32 Å². The fraction of sp³-hybridized carbons (Fsp3) is 0.429. The van der Waals surface area contributed by atoms with E-state index in [2.05, 4.69) is 27.6 Å². The first-order valence-electron chi connectivity index (χ1n) is 12.6. The van der Waals surface area contributed by atoms with Crippen molar-refractivity contribution >= 4 is 28.6 Å². The molecule has 0 saturated carbocycles. The number of aromatic amines is 1. The zero-order valence-corrected chi connectivity index (χ0v) is 21.2. The van der Waals surface area contributed by atoms with Gasteiger partial charge in [-0.25, -0.2) is 0 Å². The molecule has 2 N–H and O–H groups in total. The molecule has 3 atom stereocenters. The smallest absolute Gasteiger partial charge is 0.249 e. The molecule has 0 bridgehead atoms. The van der Waals surface area contributed by atoms with Gasteiger partial charge in [-0.15, -0.1) is 0 Å². The number of H-pyrrole nitrogens is 1. The fourth-order valence-electron chi connectivity index (χ4n) is 5.67. The molecular formula is C28H33N5O3. The molecule has 0 radical (unpaired) electrons. The van der Waals surface area contributed by atoms with E-state index in [9.17, 15) is 14.4 Å². The van der Waals surface area contributed by atoms with Crippen LogP contribution in [0.15, 0.2) is 48.7 Å². The third-order valence-corrected chi connectivity index (χ3v) is 7.44. The number of carbonyl (C=O) groups excluding carboxylic acids is 3. The van der Waals surface area contributed by atoms with Gasteiger partial charge in [0.1, 0.15) is 18.1 Å². The van der Waals surface area contributed by atoms with Gasteiger partial charge in [-0.2, -0.15) is 5.10 Å². The van der Waals surface area contributed by atoms with Crippen LogP contribution in [0.2, 0.25) is 0 Å². The number of benzene rings is 2. The highest BCUT2D eigenvalue weighted by Crippen LogP contribution is 2.36. The van der Waals surface area contributed by atoms with Gasteiger partial charge >= 0.3 is 0 Å². The van der Waals surface area contributed by atoms with E-state index in [1.54, 1.807) is 25.2 Å². The number of aromatic nitrogens is 2. The molecule has 1 fully saturated rings. The Morgan fingerprint density at radius 3 is 2.44 bits per heavy atom. The first-order chi connectivity index (χ1) is 17.2. The van der Waals surface area contributed by atoms with Crippen molar-refractivity contribution in [2.45, 2.75) is 51.2 Å². The second-order valence-corrected chi connectivity index (χ2v) is 10.7. The second kappa shape index (κ2) is 9.41. The zero-order chi connectivity index (χ0) is 25.6. The number of carbonyl (C=O) groups is 3. The van der Waals surface area contributed by atoms with Gasteiger partial charge in [0.15, 0.2) is 0 Å². The van der Waals surface area contributed by atoms with Crippen LogP contribution in [0.25, 0.3) is 10.9 Å². The zero-order valence-electron chi connectivity index (χ0n) is 21.2. The molecule has 3 amide bonds. The van der Waals surface area contributed by atoms with Crippen molar-refractivity contribution in [3.8, 4) is 0 Å². The molecule has 0 unspecified atom stereocenters. The van der Waals surface area contributed by atoms with Gasteiger partial charge < -0.3 is 15.1 Å². The molecule has 8 nitrogen and oxygen atoms in total. The predicted molar refractivity (Wildman–Crippen MR) is 137 cm³/mol. The minimum atomic E-state index is -0.915. The Hall–Kier alpha value is -3.68. The molecule has 3 aromatic rings. The highest BCUT2D eigenvalue weighted by molar-refractivity contribution is 6.00. The number of hydrogen-bond donors (Lipinski definition) is 2. The Kier molecular flexibility index (Phi) is 6.28. The fourth-order valence-corrected chi connectivity index (χ4v) is 5.67. The van der Waals surface area contributed by atoms with Crippen molar-refractivity contribution < 1.29 is 14.4 Å². The second-order valence-electron chi connectivity index (χ2n) is 10.7. The number of rotatable bonds is 6. The summed E-state index contributed by atoms with van der Waals surface area (Å²) in [6.45, 7) is 4.05. The number of piperazine rings is 1. The molecule has 8 heteroatoms. The Morgan fingerprint density at radius 1 is 1.11 bits per heavy atom.